The number of aromatic amines is 1. The average Bonchev–Trinajstić information content (AvgIpc) is 3.26. The van der Waals surface area contributed by atoms with Gasteiger partial charge in [-0.05, 0) is 42.5 Å². The molecule has 4 aromatic rings. The van der Waals surface area contributed by atoms with Crippen LogP contribution in [0.2, 0.25) is 0 Å². The van der Waals surface area contributed by atoms with E-state index in [0.29, 0.717) is 31.3 Å². The Kier molecular flexibility index (Phi) is 6.15. The quantitative estimate of drug-likeness (QED) is 0.314. The van der Waals surface area contributed by atoms with Crippen molar-refractivity contribution in [3.63, 3.8) is 0 Å². The van der Waals surface area contributed by atoms with Gasteiger partial charge in [-0.15, -0.1) is 0 Å². The van der Waals surface area contributed by atoms with E-state index in [-0.39, 0.29) is 0 Å². The van der Waals surface area contributed by atoms with Crippen molar-refractivity contribution in [1.29, 1.82) is 0 Å². The molecule has 3 aromatic carbocycles. The highest BCUT2D eigenvalue weighted by atomic mass is 16.5. The smallest absolute Gasteiger partial charge is 0.142 e. The molecule has 6 nitrogen and oxygen atoms in total. The van der Waals surface area contributed by atoms with Crippen LogP contribution in [0, 0.1) is 0 Å². The second-order valence-electron chi connectivity index (χ2n) is 6.64. The molecule has 0 saturated heterocycles. The summed E-state index contributed by atoms with van der Waals surface area (Å²) < 4.78 is 17.2. The maximum Gasteiger partial charge on any atom is 0.142 e. The first-order chi connectivity index (χ1) is 14.8. The number of rotatable bonds is 9. The first kappa shape index (κ1) is 19.4. The summed E-state index contributed by atoms with van der Waals surface area (Å²) in [5.41, 5.74) is 9.15. The number of hydrogen-bond donors (Lipinski definition) is 2. The maximum absolute atomic E-state index is 5.91. The van der Waals surface area contributed by atoms with Crippen molar-refractivity contribution >= 4 is 5.69 Å². The lowest BCUT2D eigenvalue weighted by atomic mass is 10.1. The first-order valence-electron chi connectivity index (χ1n) is 9.70. The summed E-state index contributed by atoms with van der Waals surface area (Å²) in [7, 11) is 0. The molecule has 1 heterocycles. The number of anilines is 1. The summed E-state index contributed by atoms with van der Waals surface area (Å²) in [5.74, 6) is 2.25. The van der Waals surface area contributed by atoms with Gasteiger partial charge >= 0.3 is 0 Å². The lowest BCUT2D eigenvalue weighted by Crippen LogP contribution is -2.08. The number of nitrogens with two attached hydrogens (primary N) is 1. The van der Waals surface area contributed by atoms with Crippen molar-refractivity contribution < 1.29 is 14.2 Å². The fraction of sp³-hybridized carbons (Fsp3) is 0.125. The molecule has 1 aromatic heterocycles. The van der Waals surface area contributed by atoms with Gasteiger partial charge in [0.2, 0.25) is 0 Å². The van der Waals surface area contributed by atoms with E-state index in [1.807, 2.05) is 84.9 Å². The van der Waals surface area contributed by atoms with Crippen LogP contribution >= 0.6 is 0 Å². The minimum atomic E-state index is 0.355. The van der Waals surface area contributed by atoms with E-state index in [2.05, 4.69) is 10.2 Å². The number of nitrogen functional groups attached to an aromatic ring is 1. The number of benzene rings is 3. The number of nitrogens with zero attached hydrogens (tertiary/aromatic N) is 1. The monoisotopic (exact) mass is 401 g/mol. The summed E-state index contributed by atoms with van der Waals surface area (Å²) in [6, 6.07) is 26.9. The summed E-state index contributed by atoms with van der Waals surface area (Å²) >= 11 is 0. The molecule has 0 aliphatic heterocycles. The highest BCUT2D eigenvalue weighted by Crippen LogP contribution is 2.24. The molecule has 0 fully saturated rings. The van der Waals surface area contributed by atoms with E-state index in [9.17, 15) is 0 Å². The number of H-pyrrole nitrogens is 1. The molecule has 0 aliphatic rings. The maximum atomic E-state index is 5.91. The third kappa shape index (κ3) is 5.11. The topological polar surface area (TPSA) is 82.4 Å². The van der Waals surface area contributed by atoms with Crippen molar-refractivity contribution in [2.24, 2.45) is 0 Å². The predicted octanol–water partition coefficient (Wildman–Crippen LogP) is 4.70. The molecule has 0 atom stereocenters. The number of aromatic nitrogens is 2. The average molecular weight is 401 g/mol. The molecule has 0 amide bonds. The van der Waals surface area contributed by atoms with E-state index >= 15 is 0 Å². The van der Waals surface area contributed by atoms with E-state index in [1.165, 1.54) is 0 Å². The molecule has 0 spiro atoms. The van der Waals surface area contributed by atoms with Crippen molar-refractivity contribution in [2.45, 2.75) is 6.61 Å². The van der Waals surface area contributed by atoms with Crippen LogP contribution in [0.15, 0.2) is 84.9 Å². The van der Waals surface area contributed by atoms with E-state index in [4.69, 9.17) is 19.9 Å². The van der Waals surface area contributed by atoms with Gasteiger partial charge in [-0.3, -0.25) is 5.10 Å². The highest BCUT2D eigenvalue weighted by molar-refractivity contribution is 5.61. The van der Waals surface area contributed by atoms with Gasteiger partial charge < -0.3 is 19.9 Å². The SMILES string of the molecule is Nc1ccccc1OCc1cc(-c2cccc(OCCOc3ccccc3)c2)n[nH]1. The zero-order valence-electron chi connectivity index (χ0n) is 16.5. The molecule has 0 aliphatic carbocycles. The van der Waals surface area contributed by atoms with Gasteiger partial charge in [0, 0.05) is 5.56 Å². The van der Waals surface area contributed by atoms with Gasteiger partial charge in [-0.25, -0.2) is 0 Å². The van der Waals surface area contributed by atoms with Gasteiger partial charge in [0.1, 0.15) is 37.1 Å². The van der Waals surface area contributed by atoms with Crippen LogP contribution in [-0.2, 0) is 6.61 Å². The number of para-hydroxylation sites is 3. The third-order valence-corrected chi connectivity index (χ3v) is 4.43. The fourth-order valence-corrected chi connectivity index (χ4v) is 2.93. The molecular formula is C24H23N3O3. The zero-order chi connectivity index (χ0) is 20.6. The number of nitrogens with one attached hydrogen (secondary N) is 1. The Hall–Kier alpha value is -3.93. The molecule has 152 valence electrons. The van der Waals surface area contributed by atoms with Gasteiger partial charge in [-0.2, -0.15) is 5.10 Å². The molecule has 0 radical (unpaired) electrons. The van der Waals surface area contributed by atoms with Gasteiger partial charge in [0.05, 0.1) is 17.1 Å². The molecule has 0 saturated carbocycles. The van der Waals surface area contributed by atoms with Crippen molar-refractivity contribution in [1.82, 2.24) is 10.2 Å². The Labute approximate surface area is 175 Å². The molecule has 6 heteroatoms. The summed E-state index contributed by atoms with van der Waals surface area (Å²) in [5, 5.41) is 7.39. The predicted molar refractivity (Wildman–Crippen MR) is 117 cm³/mol. The molecule has 3 N–H and O–H groups in total. The van der Waals surface area contributed by atoms with Gasteiger partial charge in [0.15, 0.2) is 0 Å². The van der Waals surface area contributed by atoms with Crippen LogP contribution in [0.1, 0.15) is 5.69 Å². The van der Waals surface area contributed by atoms with Crippen LogP contribution in [0.3, 0.4) is 0 Å². The Balaban J connectivity index is 1.32. The van der Waals surface area contributed by atoms with Crippen molar-refractivity contribution in [2.75, 3.05) is 18.9 Å². The van der Waals surface area contributed by atoms with Crippen LogP contribution in [0.25, 0.3) is 11.3 Å². The van der Waals surface area contributed by atoms with Crippen molar-refractivity contribution in [3.8, 4) is 28.5 Å². The van der Waals surface area contributed by atoms with Crippen LogP contribution in [0.5, 0.6) is 17.2 Å². The first-order valence-corrected chi connectivity index (χ1v) is 9.70. The number of hydrogen-bond acceptors (Lipinski definition) is 5. The Morgan fingerprint density at radius 1 is 0.733 bits per heavy atom. The molecule has 0 bridgehead atoms. The standard InChI is InChI=1S/C24H23N3O3/c25-22-11-4-5-12-24(22)30-17-19-16-23(27-26-19)18-7-6-10-21(15-18)29-14-13-28-20-8-2-1-3-9-20/h1-12,15-16H,13-14,17,25H2,(H,26,27). The summed E-state index contributed by atoms with van der Waals surface area (Å²) in [4.78, 5) is 0. The highest BCUT2D eigenvalue weighted by Gasteiger charge is 2.07. The molecule has 0 unspecified atom stereocenters. The molecular weight excluding hydrogens is 378 g/mol. The summed E-state index contributed by atoms with van der Waals surface area (Å²) in [6.45, 7) is 1.28. The number of ether oxygens (including phenoxy) is 3. The molecule has 4 rings (SSSR count). The third-order valence-electron chi connectivity index (χ3n) is 4.43. The van der Waals surface area contributed by atoms with Gasteiger partial charge in [-0.1, -0.05) is 42.5 Å². The van der Waals surface area contributed by atoms with E-state index in [0.717, 1.165) is 28.5 Å². The zero-order valence-corrected chi connectivity index (χ0v) is 16.5. The van der Waals surface area contributed by atoms with Crippen LogP contribution < -0.4 is 19.9 Å². The molecule has 30 heavy (non-hydrogen) atoms. The Morgan fingerprint density at radius 3 is 2.30 bits per heavy atom. The fourth-order valence-electron chi connectivity index (χ4n) is 2.93. The normalized spacial score (nSPS) is 10.5. The van der Waals surface area contributed by atoms with Crippen LogP contribution in [0.4, 0.5) is 5.69 Å². The van der Waals surface area contributed by atoms with Crippen molar-refractivity contribution in [3.05, 3.63) is 90.6 Å². The second kappa shape index (κ2) is 9.52. The minimum absolute atomic E-state index is 0.355. The van der Waals surface area contributed by atoms with Crippen LogP contribution in [-0.4, -0.2) is 23.4 Å². The van der Waals surface area contributed by atoms with E-state index < -0.39 is 0 Å². The minimum Gasteiger partial charge on any atom is -0.490 e. The second-order valence-corrected chi connectivity index (χ2v) is 6.64. The lowest BCUT2D eigenvalue weighted by Gasteiger charge is -2.09. The largest absolute Gasteiger partial charge is 0.490 e. The Morgan fingerprint density at radius 2 is 1.47 bits per heavy atom. The summed E-state index contributed by atoms with van der Waals surface area (Å²) in [6.07, 6.45) is 0. The van der Waals surface area contributed by atoms with E-state index in [1.54, 1.807) is 0 Å². The van der Waals surface area contributed by atoms with Gasteiger partial charge in [0.25, 0.3) is 0 Å². The lowest BCUT2D eigenvalue weighted by molar-refractivity contribution is 0.217. The Bertz CT molecular complexity index is 1080.